The van der Waals surface area contributed by atoms with Crippen molar-refractivity contribution in [2.45, 2.75) is 43.7 Å². The molecule has 0 radical (unpaired) electrons. The Hall–Kier alpha value is -0.860. The largest absolute Gasteiger partial charge is 0.385 e. The average Bonchev–Trinajstić information content (AvgIpc) is 2.84. The first kappa shape index (κ1) is 10.3. The van der Waals surface area contributed by atoms with Crippen molar-refractivity contribution in [1.82, 2.24) is 5.32 Å². The van der Waals surface area contributed by atoms with Crippen molar-refractivity contribution < 1.29 is 5.11 Å². The molecule has 2 fully saturated rings. The Morgan fingerprint density at radius 2 is 2.12 bits per heavy atom. The van der Waals surface area contributed by atoms with Crippen LogP contribution in [0.1, 0.15) is 36.8 Å². The summed E-state index contributed by atoms with van der Waals surface area (Å²) in [5.74, 6) is 0. The normalized spacial score (nSPS) is 26.9. The Labute approximate surface area is 96.7 Å². The summed E-state index contributed by atoms with van der Waals surface area (Å²) in [4.78, 5) is 0. The third-order valence-electron chi connectivity index (χ3n) is 3.87. The predicted octanol–water partition coefficient (Wildman–Crippen LogP) is 1.96. The molecule has 0 aromatic heterocycles. The van der Waals surface area contributed by atoms with Crippen molar-refractivity contribution >= 4 is 0 Å². The third-order valence-corrected chi connectivity index (χ3v) is 3.87. The van der Waals surface area contributed by atoms with Gasteiger partial charge in [0.1, 0.15) is 0 Å². The summed E-state index contributed by atoms with van der Waals surface area (Å²) in [6.45, 7) is 1.15. The van der Waals surface area contributed by atoms with E-state index in [0.29, 0.717) is 6.04 Å². The molecular weight excluding hydrogens is 198 g/mol. The summed E-state index contributed by atoms with van der Waals surface area (Å²) in [6.07, 6.45) is 5.49. The Morgan fingerprint density at radius 3 is 2.81 bits per heavy atom. The van der Waals surface area contributed by atoms with Crippen LogP contribution in [0, 0.1) is 0 Å². The van der Waals surface area contributed by atoms with Gasteiger partial charge in [-0.15, -0.1) is 0 Å². The second kappa shape index (κ2) is 3.86. The topological polar surface area (TPSA) is 32.3 Å². The maximum Gasteiger partial charge on any atom is 0.0901 e. The Kier molecular flexibility index (Phi) is 2.49. The molecule has 1 aliphatic carbocycles. The molecular formula is C14H19NO. The molecule has 3 rings (SSSR count). The number of rotatable bonds is 3. The molecule has 1 aromatic rings. The van der Waals surface area contributed by atoms with E-state index in [1.165, 1.54) is 24.0 Å². The SMILES string of the molecule is OC1(c2ccccc2CC2CCCN2)CC1. The maximum atomic E-state index is 10.2. The predicted molar refractivity (Wildman–Crippen MR) is 64.3 cm³/mol. The highest BCUT2D eigenvalue weighted by atomic mass is 16.3. The van der Waals surface area contributed by atoms with Crippen LogP contribution in [0.4, 0.5) is 0 Å². The highest BCUT2D eigenvalue weighted by Crippen LogP contribution is 2.46. The van der Waals surface area contributed by atoms with Crippen LogP contribution in [0.5, 0.6) is 0 Å². The van der Waals surface area contributed by atoms with Gasteiger partial charge in [-0.2, -0.15) is 0 Å². The van der Waals surface area contributed by atoms with Gasteiger partial charge in [0.25, 0.3) is 0 Å². The van der Waals surface area contributed by atoms with E-state index in [1.807, 2.05) is 6.07 Å². The monoisotopic (exact) mass is 217 g/mol. The van der Waals surface area contributed by atoms with Crippen molar-refractivity contribution in [1.29, 1.82) is 0 Å². The molecule has 1 heterocycles. The fourth-order valence-electron chi connectivity index (χ4n) is 2.74. The molecule has 1 aromatic carbocycles. The summed E-state index contributed by atoms with van der Waals surface area (Å²) >= 11 is 0. The number of benzene rings is 1. The first-order valence-corrected chi connectivity index (χ1v) is 6.32. The fourth-order valence-corrected chi connectivity index (χ4v) is 2.74. The summed E-state index contributed by atoms with van der Waals surface area (Å²) < 4.78 is 0. The molecule has 2 aliphatic rings. The van der Waals surface area contributed by atoms with E-state index in [0.717, 1.165) is 25.8 Å². The van der Waals surface area contributed by atoms with Crippen LogP contribution in [0.15, 0.2) is 24.3 Å². The quantitative estimate of drug-likeness (QED) is 0.811. The molecule has 1 saturated heterocycles. The van der Waals surface area contributed by atoms with Gasteiger partial charge < -0.3 is 10.4 Å². The molecule has 1 atom stereocenters. The number of hydrogen-bond donors (Lipinski definition) is 2. The van der Waals surface area contributed by atoms with Crippen LogP contribution in [0.3, 0.4) is 0 Å². The van der Waals surface area contributed by atoms with Gasteiger partial charge in [0, 0.05) is 6.04 Å². The van der Waals surface area contributed by atoms with Gasteiger partial charge in [0.2, 0.25) is 0 Å². The molecule has 0 amide bonds. The van der Waals surface area contributed by atoms with E-state index in [-0.39, 0.29) is 0 Å². The summed E-state index contributed by atoms with van der Waals surface area (Å²) in [7, 11) is 0. The molecule has 1 aliphatic heterocycles. The zero-order valence-electron chi connectivity index (χ0n) is 9.58. The summed E-state index contributed by atoms with van der Waals surface area (Å²) in [5.41, 5.74) is 2.01. The van der Waals surface area contributed by atoms with Gasteiger partial charge in [0.05, 0.1) is 5.60 Å². The third kappa shape index (κ3) is 1.87. The van der Waals surface area contributed by atoms with Crippen LogP contribution in [0.25, 0.3) is 0 Å². The van der Waals surface area contributed by atoms with E-state index in [2.05, 4.69) is 23.5 Å². The molecule has 2 heteroatoms. The first-order valence-electron chi connectivity index (χ1n) is 6.32. The van der Waals surface area contributed by atoms with Gasteiger partial charge in [-0.3, -0.25) is 0 Å². The van der Waals surface area contributed by atoms with Crippen LogP contribution < -0.4 is 5.32 Å². The lowest BCUT2D eigenvalue weighted by atomic mass is 9.95. The maximum absolute atomic E-state index is 10.2. The zero-order chi connectivity index (χ0) is 11.0. The lowest BCUT2D eigenvalue weighted by Crippen LogP contribution is -2.25. The van der Waals surface area contributed by atoms with Crippen LogP contribution in [0.2, 0.25) is 0 Å². The second-order valence-corrected chi connectivity index (χ2v) is 5.19. The van der Waals surface area contributed by atoms with Crippen LogP contribution >= 0.6 is 0 Å². The fraction of sp³-hybridized carbons (Fsp3) is 0.571. The standard InChI is InChI=1S/C14H19NO/c16-14(7-8-14)13-6-2-1-4-11(13)10-12-5-3-9-15-12/h1-2,4,6,12,15-16H,3,5,7-10H2. The van der Waals surface area contributed by atoms with Crippen molar-refractivity contribution in [2.75, 3.05) is 6.54 Å². The van der Waals surface area contributed by atoms with Crippen molar-refractivity contribution in [3.8, 4) is 0 Å². The lowest BCUT2D eigenvalue weighted by molar-refractivity contribution is 0.150. The Balaban J connectivity index is 1.82. The van der Waals surface area contributed by atoms with Crippen LogP contribution in [-0.2, 0) is 12.0 Å². The van der Waals surface area contributed by atoms with Crippen molar-refractivity contribution in [3.63, 3.8) is 0 Å². The number of nitrogens with one attached hydrogen (secondary N) is 1. The number of aliphatic hydroxyl groups is 1. The molecule has 1 saturated carbocycles. The minimum Gasteiger partial charge on any atom is -0.385 e. The molecule has 1 unspecified atom stereocenters. The summed E-state index contributed by atoms with van der Waals surface area (Å²) in [6, 6.07) is 9.00. The molecule has 0 spiro atoms. The zero-order valence-corrected chi connectivity index (χ0v) is 9.58. The van der Waals surface area contributed by atoms with E-state index >= 15 is 0 Å². The van der Waals surface area contributed by atoms with E-state index in [4.69, 9.17) is 0 Å². The van der Waals surface area contributed by atoms with Crippen LogP contribution in [-0.4, -0.2) is 17.7 Å². The second-order valence-electron chi connectivity index (χ2n) is 5.19. The van der Waals surface area contributed by atoms with E-state index < -0.39 is 5.60 Å². The van der Waals surface area contributed by atoms with Crippen molar-refractivity contribution in [2.24, 2.45) is 0 Å². The van der Waals surface area contributed by atoms with Crippen molar-refractivity contribution in [3.05, 3.63) is 35.4 Å². The molecule has 16 heavy (non-hydrogen) atoms. The molecule has 0 bridgehead atoms. The Morgan fingerprint density at radius 1 is 1.31 bits per heavy atom. The highest BCUT2D eigenvalue weighted by molar-refractivity contribution is 5.36. The van der Waals surface area contributed by atoms with Gasteiger partial charge in [-0.25, -0.2) is 0 Å². The minimum atomic E-state index is -0.491. The highest BCUT2D eigenvalue weighted by Gasteiger charge is 2.43. The van der Waals surface area contributed by atoms with Gasteiger partial charge in [0.15, 0.2) is 0 Å². The van der Waals surface area contributed by atoms with Gasteiger partial charge in [-0.05, 0) is 49.8 Å². The summed E-state index contributed by atoms with van der Waals surface area (Å²) in [5, 5.41) is 13.8. The molecule has 2 nitrogen and oxygen atoms in total. The van der Waals surface area contributed by atoms with E-state index in [9.17, 15) is 5.11 Å². The van der Waals surface area contributed by atoms with Gasteiger partial charge in [-0.1, -0.05) is 24.3 Å². The smallest absolute Gasteiger partial charge is 0.0901 e. The lowest BCUT2D eigenvalue weighted by Gasteiger charge is -2.17. The molecule has 86 valence electrons. The van der Waals surface area contributed by atoms with E-state index in [1.54, 1.807) is 0 Å². The minimum absolute atomic E-state index is 0.491. The first-order chi connectivity index (χ1) is 7.78. The molecule has 2 N–H and O–H groups in total. The Bertz CT molecular complexity index is 378. The van der Waals surface area contributed by atoms with Gasteiger partial charge >= 0.3 is 0 Å². The number of hydrogen-bond acceptors (Lipinski definition) is 2. The average molecular weight is 217 g/mol.